The van der Waals surface area contributed by atoms with E-state index in [2.05, 4.69) is 10.6 Å². The summed E-state index contributed by atoms with van der Waals surface area (Å²) in [6.07, 6.45) is 0. The number of anilines is 1. The second kappa shape index (κ2) is 7.07. The molecule has 0 aliphatic rings. The lowest BCUT2D eigenvalue weighted by Crippen LogP contribution is -2.40. The normalized spacial score (nSPS) is 13.0. The fourth-order valence-corrected chi connectivity index (χ4v) is 2.12. The van der Waals surface area contributed by atoms with Gasteiger partial charge < -0.3 is 15.7 Å². The maximum absolute atomic E-state index is 11.9. The van der Waals surface area contributed by atoms with Crippen LogP contribution in [-0.4, -0.2) is 23.5 Å². The SMILES string of the molecule is CC(=O)c1ccc(NC(=O)NCC(C)(O)c2ccccc2)cc1. The quantitative estimate of drug-likeness (QED) is 0.743. The average Bonchev–Trinajstić information content (AvgIpc) is 2.54. The van der Waals surface area contributed by atoms with Crippen LogP contribution in [0.1, 0.15) is 29.8 Å². The Morgan fingerprint density at radius 1 is 1.04 bits per heavy atom. The number of urea groups is 1. The average molecular weight is 312 g/mol. The number of ketones is 1. The standard InChI is InChI=1S/C18H20N2O3/c1-13(21)14-8-10-16(11-9-14)20-17(22)19-12-18(2,23)15-6-4-3-5-7-15/h3-11,23H,12H2,1-2H3,(H2,19,20,22). The van der Waals surface area contributed by atoms with Crippen molar-refractivity contribution in [1.82, 2.24) is 5.32 Å². The fraction of sp³-hybridized carbons (Fsp3) is 0.222. The van der Waals surface area contributed by atoms with E-state index >= 15 is 0 Å². The van der Waals surface area contributed by atoms with Crippen LogP contribution < -0.4 is 10.6 Å². The fourth-order valence-electron chi connectivity index (χ4n) is 2.12. The molecular weight excluding hydrogens is 292 g/mol. The summed E-state index contributed by atoms with van der Waals surface area (Å²) in [5, 5.41) is 15.7. The minimum absolute atomic E-state index is 0.0279. The molecule has 3 N–H and O–H groups in total. The van der Waals surface area contributed by atoms with Crippen LogP contribution in [0.15, 0.2) is 54.6 Å². The Bertz CT molecular complexity index is 679. The lowest BCUT2D eigenvalue weighted by molar-refractivity contribution is 0.0599. The van der Waals surface area contributed by atoms with E-state index in [9.17, 15) is 14.7 Å². The Morgan fingerprint density at radius 2 is 1.65 bits per heavy atom. The molecule has 0 radical (unpaired) electrons. The summed E-state index contributed by atoms with van der Waals surface area (Å²) in [7, 11) is 0. The van der Waals surface area contributed by atoms with Crippen molar-refractivity contribution >= 4 is 17.5 Å². The molecule has 120 valence electrons. The topological polar surface area (TPSA) is 78.4 Å². The summed E-state index contributed by atoms with van der Waals surface area (Å²) in [6.45, 7) is 3.21. The summed E-state index contributed by atoms with van der Waals surface area (Å²) in [5.41, 5.74) is 0.734. The van der Waals surface area contributed by atoms with E-state index < -0.39 is 11.6 Å². The molecule has 2 aromatic carbocycles. The summed E-state index contributed by atoms with van der Waals surface area (Å²) in [6, 6.07) is 15.3. The van der Waals surface area contributed by atoms with Gasteiger partial charge in [0.1, 0.15) is 5.60 Å². The summed E-state index contributed by atoms with van der Waals surface area (Å²) >= 11 is 0. The summed E-state index contributed by atoms with van der Waals surface area (Å²) in [5.74, 6) is -0.0279. The molecule has 0 bridgehead atoms. The molecule has 2 amide bonds. The van der Waals surface area contributed by atoms with Gasteiger partial charge in [-0.3, -0.25) is 4.79 Å². The number of Topliss-reactive ketones (excluding diaryl/α,β-unsaturated/α-hetero) is 1. The molecule has 0 aromatic heterocycles. The molecule has 23 heavy (non-hydrogen) atoms. The van der Waals surface area contributed by atoms with Gasteiger partial charge in [-0.05, 0) is 43.7 Å². The van der Waals surface area contributed by atoms with Crippen molar-refractivity contribution in [3.8, 4) is 0 Å². The number of hydrogen-bond acceptors (Lipinski definition) is 3. The zero-order valence-electron chi connectivity index (χ0n) is 13.2. The highest BCUT2D eigenvalue weighted by Gasteiger charge is 2.23. The highest BCUT2D eigenvalue weighted by Crippen LogP contribution is 2.19. The van der Waals surface area contributed by atoms with Crippen molar-refractivity contribution < 1.29 is 14.7 Å². The lowest BCUT2D eigenvalue weighted by atomic mass is 9.96. The van der Waals surface area contributed by atoms with Gasteiger partial charge in [0.15, 0.2) is 5.78 Å². The zero-order valence-corrected chi connectivity index (χ0v) is 13.2. The second-order valence-corrected chi connectivity index (χ2v) is 5.58. The van der Waals surface area contributed by atoms with Crippen molar-refractivity contribution in [2.24, 2.45) is 0 Å². The zero-order chi connectivity index (χ0) is 16.9. The Hall–Kier alpha value is -2.66. The van der Waals surface area contributed by atoms with Gasteiger partial charge in [-0.15, -0.1) is 0 Å². The highest BCUT2D eigenvalue weighted by atomic mass is 16.3. The highest BCUT2D eigenvalue weighted by molar-refractivity contribution is 5.95. The third kappa shape index (κ3) is 4.66. The second-order valence-electron chi connectivity index (χ2n) is 5.58. The first-order chi connectivity index (χ1) is 10.9. The smallest absolute Gasteiger partial charge is 0.319 e. The van der Waals surface area contributed by atoms with Crippen LogP contribution in [-0.2, 0) is 5.60 Å². The molecule has 0 aliphatic carbocycles. The van der Waals surface area contributed by atoms with Crippen LogP contribution in [0.3, 0.4) is 0 Å². The molecule has 1 atom stereocenters. The molecule has 0 saturated carbocycles. The van der Waals surface area contributed by atoms with E-state index in [4.69, 9.17) is 0 Å². The van der Waals surface area contributed by atoms with E-state index in [-0.39, 0.29) is 12.3 Å². The van der Waals surface area contributed by atoms with Crippen LogP contribution in [0.2, 0.25) is 0 Å². The molecule has 1 unspecified atom stereocenters. The number of rotatable bonds is 5. The van der Waals surface area contributed by atoms with E-state index in [0.29, 0.717) is 11.3 Å². The van der Waals surface area contributed by atoms with E-state index in [1.54, 1.807) is 43.3 Å². The van der Waals surface area contributed by atoms with Crippen molar-refractivity contribution in [3.05, 3.63) is 65.7 Å². The maximum atomic E-state index is 11.9. The van der Waals surface area contributed by atoms with Crippen LogP contribution in [0, 0.1) is 0 Å². The van der Waals surface area contributed by atoms with Gasteiger partial charge in [0.25, 0.3) is 0 Å². The molecule has 5 heteroatoms. The molecule has 2 aromatic rings. The molecule has 2 rings (SSSR count). The molecular formula is C18H20N2O3. The van der Waals surface area contributed by atoms with Gasteiger partial charge in [-0.1, -0.05) is 30.3 Å². The third-order valence-electron chi connectivity index (χ3n) is 3.54. The number of benzene rings is 2. The largest absolute Gasteiger partial charge is 0.384 e. The van der Waals surface area contributed by atoms with Crippen LogP contribution in [0.4, 0.5) is 10.5 Å². The van der Waals surface area contributed by atoms with Gasteiger partial charge in [0, 0.05) is 11.3 Å². The molecule has 5 nitrogen and oxygen atoms in total. The number of carbonyl (C=O) groups excluding carboxylic acids is 2. The molecule has 0 heterocycles. The van der Waals surface area contributed by atoms with Crippen LogP contribution >= 0.6 is 0 Å². The molecule has 0 fully saturated rings. The molecule has 0 spiro atoms. The van der Waals surface area contributed by atoms with Crippen molar-refractivity contribution in [3.63, 3.8) is 0 Å². The first-order valence-corrected chi connectivity index (χ1v) is 7.32. The Morgan fingerprint density at radius 3 is 2.22 bits per heavy atom. The number of amides is 2. The van der Waals surface area contributed by atoms with Crippen molar-refractivity contribution in [1.29, 1.82) is 0 Å². The Kier molecular flexibility index (Phi) is 5.13. The minimum atomic E-state index is -1.16. The Labute approximate surface area is 135 Å². The van der Waals surface area contributed by atoms with Crippen LogP contribution in [0.5, 0.6) is 0 Å². The minimum Gasteiger partial charge on any atom is -0.384 e. The Balaban J connectivity index is 1.91. The molecule has 0 saturated heterocycles. The molecule has 0 aliphatic heterocycles. The predicted octanol–water partition coefficient (Wildman–Crippen LogP) is 2.92. The van der Waals surface area contributed by atoms with Crippen molar-refractivity contribution in [2.45, 2.75) is 19.4 Å². The van der Waals surface area contributed by atoms with E-state index in [0.717, 1.165) is 5.56 Å². The lowest BCUT2D eigenvalue weighted by Gasteiger charge is -2.24. The summed E-state index contributed by atoms with van der Waals surface area (Å²) in [4.78, 5) is 23.1. The van der Waals surface area contributed by atoms with Gasteiger partial charge in [0.05, 0.1) is 6.54 Å². The van der Waals surface area contributed by atoms with E-state index in [1.807, 2.05) is 18.2 Å². The van der Waals surface area contributed by atoms with Gasteiger partial charge in [-0.25, -0.2) is 4.79 Å². The maximum Gasteiger partial charge on any atom is 0.319 e. The number of hydrogen-bond donors (Lipinski definition) is 3. The van der Waals surface area contributed by atoms with Gasteiger partial charge in [-0.2, -0.15) is 0 Å². The third-order valence-corrected chi connectivity index (χ3v) is 3.54. The van der Waals surface area contributed by atoms with Crippen molar-refractivity contribution in [2.75, 3.05) is 11.9 Å². The summed E-state index contributed by atoms with van der Waals surface area (Å²) < 4.78 is 0. The van der Waals surface area contributed by atoms with Crippen LogP contribution in [0.25, 0.3) is 0 Å². The first kappa shape index (κ1) is 16.7. The van der Waals surface area contributed by atoms with E-state index in [1.165, 1.54) is 6.92 Å². The monoisotopic (exact) mass is 312 g/mol. The van der Waals surface area contributed by atoms with Gasteiger partial charge in [0.2, 0.25) is 0 Å². The number of aliphatic hydroxyl groups is 1. The number of nitrogens with one attached hydrogen (secondary N) is 2. The number of carbonyl (C=O) groups is 2. The first-order valence-electron chi connectivity index (χ1n) is 7.32. The van der Waals surface area contributed by atoms with Gasteiger partial charge >= 0.3 is 6.03 Å². The predicted molar refractivity (Wildman–Crippen MR) is 89.5 cm³/mol.